The Kier molecular flexibility index (Phi) is 5.52. The largest absolute Gasteiger partial charge is 0.598 e. The predicted molar refractivity (Wildman–Crippen MR) is 77.5 cm³/mol. The molecule has 0 aromatic carbocycles. The third kappa shape index (κ3) is 4.60. The van der Waals surface area contributed by atoms with Crippen molar-refractivity contribution in [2.24, 2.45) is 0 Å². The first-order valence-corrected chi connectivity index (χ1v) is 7.31. The van der Waals surface area contributed by atoms with Crippen LogP contribution in [0.3, 0.4) is 0 Å². The Balaban J connectivity index is 2.93. The van der Waals surface area contributed by atoms with Gasteiger partial charge in [-0.2, -0.15) is 0 Å². The maximum Gasteiger partial charge on any atom is 0.144 e. The van der Waals surface area contributed by atoms with Gasteiger partial charge >= 0.3 is 0 Å². The van der Waals surface area contributed by atoms with Crippen LogP contribution in [0.5, 0.6) is 0 Å². The van der Waals surface area contributed by atoms with Gasteiger partial charge in [-0.15, -0.1) is 11.3 Å². The van der Waals surface area contributed by atoms with Gasteiger partial charge in [-0.05, 0) is 45.7 Å². The summed E-state index contributed by atoms with van der Waals surface area (Å²) in [4.78, 5) is 4.00. The lowest BCUT2D eigenvalue weighted by Crippen LogP contribution is -2.41. The number of hydrogen-bond donors (Lipinski definition) is 1. The summed E-state index contributed by atoms with van der Waals surface area (Å²) in [5.74, 6) is -0.352. The van der Waals surface area contributed by atoms with Crippen LogP contribution in [0, 0.1) is 12.7 Å². The number of aromatic nitrogens is 1. The molecule has 1 aromatic heterocycles. The van der Waals surface area contributed by atoms with Crippen molar-refractivity contribution in [2.75, 3.05) is 0 Å². The van der Waals surface area contributed by atoms with E-state index in [0.717, 1.165) is 0 Å². The molecule has 0 aliphatic heterocycles. The van der Waals surface area contributed by atoms with Gasteiger partial charge in [0.25, 0.3) is 0 Å². The van der Waals surface area contributed by atoms with Crippen molar-refractivity contribution in [1.82, 2.24) is 9.71 Å². The number of hydrogen-bond acceptors (Lipinski definition) is 3. The number of rotatable bonds is 5. The van der Waals surface area contributed by atoms with Gasteiger partial charge in [0.1, 0.15) is 10.6 Å². The summed E-state index contributed by atoms with van der Waals surface area (Å²) in [6.07, 6.45) is 3.89. The van der Waals surface area contributed by atoms with E-state index in [4.69, 9.17) is 0 Å². The minimum absolute atomic E-state index is 0.250. The maximum absolute atomic E-state index is 13.6. The molecule has 0 aliphatic carbocycles. The Morgan fingerprint density at radius 1 is 1.58 bits per heavy atom. The van der Waals surface area contributed by atoms with E-state index in [0.29, 0.717) is 17.7 Å². The highest BCUT2D eigenvalue weighted by atomic mass is 32.2. The van der Waals surface area contributed by atoms with Crippen molar-refractivity contribution >= 4 is 11.4 Å². The zero-order chi connectivity index (χ0) is 14.6. The summed E-state index contributed by atoms with van der Waals surface area (Å²) in [5, 5.41) is 0. The second kappa shape index (κ2) is 6.50. The van der Waals surface area contributed by atoms with E-state index in [-0.39, 0.29) is 16.6 Å². The number of nitrogens with one attached hydrogen (secondary N) is 1. The van der Waals surface area contributed by atoms with E-state index < -0.39 is 11.4 Å². The quantitative estimate of drug-likeness (QED) is 0.667. The summed E-state index contributed by atoms with van der Waals surface area (Å²) in [6.45, 7) is 10.9. The molecule has 0 bridgehead atoms. The molecule has 0 spiro atoms. The predicted octanol–water partition coefficient (Wildman–Crippen LogP) is 3.20. The molecule has 3 nitrogen and oxygen atoms in total. The van der Waals surface area contributed by atoms with Gasteiger partial charge in [-0.25, -0.2) is 4.39 Å². The van der Waals surface area contributed by atoms with Crippen LogP contribution in [-0.4, -0.2) is 14.3 Å². The fraction of sp³-hybridized carbons (Fsp3) is 0.500. The van der Waals surface area contributed by atoms with Gasteiger partial charge in [-0.1, -0.05) is 6.08 Å². The Morgan fingerprint density at radius 2 is 2.21 bits per heavy atom. The van der Waals surface area contributed by atoms with E-state index >= 15 is 0 Å². The minimum Gasteiger partial charge on any atom is -0.598 e. The molecule has 0 unspecified atom stereocenters. The van der Waals surface area contributed by atoms with Crippen molar-refractivity contribution in [3.8, 4) is 0 Å². The molecule has 106 valence electrons. The molecular formula is C14H21FN2OS. The van der Waals surface area contributed by atoms with E-state index in [9.17, 15) is 8.94 Å². The Hall–Kier alpha value is -0.910. The van der Waals surface area contributed by atoms with E-state index in [1.165, 1.54) is 6.07 Å². The lowest BCUT2D eigenvalue weighted by molar-refractivity contribution is 0.521. The second-order valence-corrected chi connectivity index (χ2v) is 7.41. The normalized spacial score (nSPS) is 15.1. The molecule has 1 heterocycles. The minimum atomic E-state index is -1.23. The first kappa shape index (κ1) is 16.1. The van der Waals surface area contributed by atoms with Crippen LogP contribution < -0.4 is 4.72 Å². The first-order valence-electron chi connectivity index (χ1n) is 6.16. The van der Waals surface area contributed by atoms with Gasteiger partial charge < -0.3 is 4.55 Å². The molecule has 0 saturated carbocycles. The SMILES string of the molecule is C=CC[C@H](N[S@+]([O-])C(C)(C)C)c1cnc(C)c(F)c1. The second-order valence-electron chi connectivity index (χ2n) is 5.41. The number of halogens is 1. The zero-order valence-electron chi connectivity index (χ0n) is 11.9. The Labute approximate surface area is 117 Å². The van der Waals surface area contributed by atoms with Gasteiger partial charge in [-0.3, -0.25) is 4.98 Å². The molecule has 0 saturated heterocycles. The molecule has 0 amide bonds. The van der Waals surface area contributed by atoms with Crippen molar-refractivity contribution in [1.29, 1.82) is 0 Å². The highest BCUT2D eigenvalue weighted by molar-refractivity contribution is 7.90. The molecule has 1 rings (SSSR count). The highest BCUT2D eigenvalue weighted by Crippen LogP contribution is 2.23. The summed E-state index contributed by atoms with van der Waals surface area (Å²) in [6, 6.07) is 1.18. The lowest BCUT2D eigenvalue weighted by atomic mass is 10.1. The molecule has 5 heteroatoms. The van der Waals surface area contributed by atoms with E-state index in [1.54, 1.807) is 19.2 Å². The van der Waals surface area contributed by atoms with Crippen molar-refractivity contribution in [3.63, 3.8) is 0 Å². The van der Waals surface area contributed by atoms with Gasteiger partial charge in [0.15, 0.2) is 0 Å². The molecule has 1 N–H and O–H groups in total. The number of pyridine rings is 1. The van der Waals surface area contributed by atoms with Crippen LogP contribution in [-0.2, 0) is 11.4 Å². The summed E-state index contributed by atoms with van der Waals surface area (Å²) in [7, 11) is 0. The number of nitrogens with zero attached hydrogens (tertiary/aromatic N) is 1. The molecule has 2 atom stereocenters. The van der Waals surface area contributed by atoms with Crippen LogP contribution in [0.1, 0.15) is 44.5 Å². The molecule has 0 fully saturated rings. The van der Waals surface area contributed by atoms with Crippen LogP contribution in [0.15, 0.2) is 24.9 Å². The highest BCUT2D eigenvalue weighted by Gasteiger charge is 2.29. The summed E-state index contributed by atoms with van der Waals surface area (Å²) >= 11 is -1.23. The van der Waals surface area contributed by atoms with Crippen LogP contribution in [0.25, 0.3) is 0 Å². The Morgan fingerprint density at radius 3 is 2.68 bits per heavy atom. The molecule has 19 heavy (non-hydrogen) atoms. The van der Waals surface area contributed by atoms with Crippen LogP contribution in [0.4, 0.5) is 4.39 Å². The third-order valence-electron chi connectivity index (χ3n) is 2.66. The molecule has 1 aromatic rings. The van der Waals surface area contributed by atoms with Crippen molar-refractivity contribution in [3.05, 3.63) is 42.0 Å². The molecule has 0 aliphatic rings. The smallest absolute Gasteiger partial charge is 0.144 e. The molecule has 0 radical (unpaired) electrons. The fourth-order valence-corrected chi connectivity index (χ4v) is 2.28. The topological polar surface area (TPSA) is 48.0 Å². The van der Waals surface area contributed by atoms with E-state index in [1.807, 2.05) is 20.8 Å². The Bertz CT molecular complexity index is 446. The van der Waals surface area contributed by atoms with Crippen molar-refractivity contribution < 1.29 is 8.94 Å². The van der Waals surface area contributed by atoms with Crippen LogP contribution in [0.2, 0.25) is 0 Å². The average molecular weight is 284 g/mol. The van der Waals surface area contributed by atoms with E-state index in [2.05, 4.69) is 16.3 Å². The summed E-state index contributed by atoms with van der Waals surface area (Å²) < 4.78 is 28.3. The first-order chi connectivity index (χ1) is 8.75. The van der Waals surface area contributed by atoms with Crippen LogP contribution >= 0.6 is 0 Å². The monoisotopic (exact) mass is 284 g/mol. The fourth-order valence-electron chi connectivity index (χ4n) is 1.44. The maximum atomic E-state index is 13.6. The van der Waals surface area contributed by atoms with Gasteiger partial charge in [0.05, 0.1) is 11.7 Å². The van der Waals surface area contributed by atoms with Gasteiger partial charge in [0, 0.05) is 17.6 Å². The average Bonchev–Trinajstić information content (AvgIpc) is 2.31. The summed E-state index contributed by atoms with van der Waals surface area (Å²) in [5.41, 5.74) is 1.04. The standard InChI is InChI=1S/C14H21FN2OS/c1-6-7-13(17-19(18)14(3,4)5)11-8-12(15)10(2)16-9-11/h6,8-9,13,17H,1,7H2,2-5H3/t13-,19+/m0/s1. The van der Waals surface area contributed by atoms with Crippen molar-refractivity contribution in [2.45, 2.75) is 44.9 Å². The number of aryl methyl sites for hydroxylation is 1. The lowest BCUT2D eigenvalue weighted by Gasteiger charge is -2.27. The van der Waals surface area contributed by atoms with Gasteiger partial charge in [0.2, 0.25) is 0 Å². The molecular weight excluding hydrogens is 263 g/mol. The third-order valence-corrected chi connectivity index (χ3v) is 4.27. The zero-order valence-corrected chi connectivity index (χ0v) is 12.7.